The second-order valence-electron chi connectivity index (χ2n) is 6.25. The summed E-state index contributed by atoms with van der Waals surface area (Å²) in [5.74, 6) is 0.333. The Kier molecular flexibility index (Phi) is 7.27. The van der Waals surface area contributed by atoms with E-state index in [1.54, 1.807) is 12.1 Å². The first kappa shape index (κ1) is 18.5. The molecule has 1 unspecified atom stereocenters. The van der Waals surface area contributed by atoms with Gasteiger partial charge in [0.05, 0.1) is 19.5 Å². The van der Waals surface area contributed by atoms with Crippen molar-refractivity contribution in [3.8, 4) is 0 Å². The molecule has 1 aliphatic heterocycles. The van der Waals surface area contributed by atoms with E-state index >= 15 is 0 Å². The van der Waals surface area contributed by atoms with Gasteiger partial charge in [-0.15, -0.1) is 0 Å². The van der Waals surface area contributed by atoms with Gasteiger partial charge in [0.15, 0.2) is 5.76 Å². The van der Waals surface area contributed by atoms with Crippen molar-refractivity contribution in [3.63, 3.8) is 0 Å². The largest absolute Gasteiger partial charge is 0.459 e. The van der Waals surface area contributed by atoms with Crippen LogP contribution in [0.2, 0.25) is 0 Å². The predicted molar refractivity (Wildman–Crippen MR) is 89.7 cm³/mol. The number of ether oxygens (including phenoxy) is 1. The number of carbonyl (C=O) groups excluding carboxylic acids is 2. The molecule has 0 spiro atoms. The van der Waals surface area contributed by atoms with E-state index in [0.717, 1.165) is 26.3 Å². The number of carbonyl (C=O) groups is 2. The maximum absolute atomic E-state index is 12.0. The average molecular weight is 337 g/mol. The minimum Gasteiger partial charge on any atom is -0.459 e. The molecule has 1 atom stereocenters. The number of hydrogen-bond acceptors (Lipinski definition) is 5. The molecule has 1 saturated heterocycles. The Morgan fingerprint density at radius 3 is 2.62 bits per heavy atom. The molecule has 0 radical (unpaired) electrons. The minimum atomic E-state index is -0.304. The molecule has 0 bridgehead atoms. The van der Waals surface area contributed by atoms with Crippen LogP contribution in [-0.4, -0.2) is 62.1 Å². The van der Waals surface area contributed by atoms with E-state index in [9.17, 15) is 9.59 Å². The minimum absolute atomic E-state index is 0.0614. The summed E-state index contributed by atoms with van der Waals surface area (Å²) in [5, 5.41) is 5.64. The molecule has 2 amide bonds. The van der Waals surface area contributed by atoms with Gasteiger partial charge in [0.25, 0.3) is 5.91 Å². The zero-order valence-corrected chi connectivity index (χ0v) is 14.4. The molecule has 24 heavy (non-hydrogen) atoms. The summed E-state index contributed by atoms with van der Waals surface area (Å²) >= 11 is 0. The van der Waals surface area contributed by atoms with Gasteiger partial charge in [0.1, 0.15) is 0 Å². The summed E-state index contributed by atoms with van der Waals surface area (Å²) in [4.78, 5) is 26.1. The molecule has 1 aromatic rings. The van der Waals surface area contributed by atoms with Crippen LogP contribution in [0, 0.1) is 5.92 Å². The lowest BCUT2D eigenvalue weighted by atomic mass is 10.0. The monoisotopic (exact) mass is 337 g/mol. The van der Waals surface area contributed by atoms with E-state index in [-0.39, 0.29) is 30.5 Å². The molecule has 0 saturated carbocycles. The van der Waals surface area contributed by atoms with Gasteiger partial charge >= 0.3 is 0 Å². The van der Waals surface area contributed by atoms with Gasteiger partial charge in [-0.3, -0.25) is 14.5 Å². The van der Waals surface area contributed by atoms with Crippen LogP contribution in [-0.2, 0) is 9.53 Å². The predicted octanol–water partition coefficient (Wildman–Crippen LogP) is 0.873. The topological polar surface area (TPSA) is 83.8 Å². The molecule has 2 rings (SSSR count). The first-order valence-electron chi connectivity index (χ1n) is 8.48. The van der Waals surface area contributed by atoms with Gasteiger partial charge < -0.3 is 19.8 Å². The number of morpholine rings is 1. The number of rotatable bonds is 8. The van der Waals surface area contributed by atoms with E-state index in [1.807, 2.05) is 0 Å². The SMILES string of the molecule is CC(C)C(CNC(=O)CCNC(=O)c1ccco1)N1CCOCC1. The standard InChI is InChI=1S/C17H27N3O4/c1-13(2)14(20-7-10-23-11-8-20)12-19-16(21)5-6-18-17(22)15-4-3-9-24-15/h3-4,9,13-14H,5-8,10-12H2,1-2H3,(H,18,22)(H,19,21). The number of furan rings is 1. The molecule has 1 aliphatic rings. The third-order valence-electron chi connectivity index (χ3n) is 4.18. The van der Waals surface area contributed by atoms with E-state index in [4.69, 9.17) is 9.15 Å². The van der Waals surface area contributed by atoms with Crippen LogP contribution in [0.4, 0.5) is 0 Å². The summed E-state index contributed by atoms with van der Waals surface area (Å²) in [6.45, 7) is 8.52. The molecule has 0 aromatic carbocycles. The van der Waals surface area contributed by atoms with Crippen LogP contribution in [0.1, 0.15) is 30.8 Å². The van der Waals surface area contributed by atoms with Crippen molar-refractivity contribution < 1.29 is 18.7 Å². The summed E-state index contributed by atoms with van der Waals surface area (Å²) in [5.41, 5.74) is 0. The molecular weight excluding hydrogens is 310 g/mol. The third-order valence-corrected chi connectivity index (χ3v) is 4.18. The summed E-state index contributed by atoms with van der Waals surface area (Å²) in [7, 11) is 0. The van der Waals surface area contributed by atoms with Crippen molar-refractivity contribution in [3.05, 3.63) is 24.2 Å². The number of nitrogens with zero attached hydrogens (tertiary/aromatic N) is 1. The van der Waals surface area contributed by atoms with Crippen LogP contribution in [0.15, 0.2) is 22.8 Å². The summed E-state index contributed by atoms with van der Waals surface area (Å²) in [6.07, 6.45) is 1.69. The lowest BCUT2D eigenvalue weighted by Crippen LogP contribution is -2.51. The van der Waals surface area contributed by atoms with Gasteiger partial charge in [0, 0.05) is 38.6 Å². The Hall–Kier alpha value is -1.86. The molecule has 134 valence electrons. The second kappa shape index (κ2) is 9.44. The fourth-order valence-corrected chi connectivity index (χ4v) is 2.79. The zero-order chi connectivity index (χ0) is 17.4. The van der Waals surface area contributed by atoms with Crippen LogP contribution in [0.5, 0.6) is 0 Å². The van der Waals surface area contributed by atoms with E-state index in [1.165, 1.54) is 6.26 Å². The van der Waals surface area contributed by atoms with Crippen molar-refractivity contribution in [2.75, 3.05) is 39.4 Å². The van der Waals surface area contributed by atoms with Gasteiger partial charge in [-0.2, -0.15) is 0 Å². The van der Waals surface area contributed by atoms with Crippen LogP contribution in [0.3, 0.4) is 0 Å². The fraction of sp³-hybridized carbons (Fsp3) is 0.647. The maximum Gasteiger partial charge on any atom is 0.286 e. The Balaban J connectivity index is 1.68. The van der Waals surface area contributed by atoms with Crippen molar-refractivity contribution >= 4 is 11.8 Å². The maximum atomic E-state index is 12.0. The zero-order valence-electron chi connectivity index (χ0n) is 14.4. The molecule has 1 aromatic heterocycles. The number of amides is 2. The first-order chi connectivity index (χ1) is 11.6. The van der Waals surface area contributed by atoms with E-state index in [2.05, 4.69) is 29.4 Å². The van der Waals surface area contributed by atoms with Crippen LogP contribution >= 0.6 is 0 Å². The van der Waals surface area contributed by atoms with Crippen molar-refractivity contribution in [2.24, 2.45) is 5.92 Å². The third kappa shape index (κ3) is 5.65. The Labute approximate surface area is 142 Å². The van der Waals surface area contributed by atoms with Gasteiger partial charge in [-0.25, -0.2) is 0 Å². The normalized spacial score (nSPS) is 16.8. The second-order valence-corrected chi connectivity index (χ2v) is 6.25. The molecule has 7 nitrogen and oxygen atoms in total. The molecular formula is C17H27N3O4. The first-order valence-corrected chi connectivity index (χ1v) is 8.48. The molecule has 7 heteroatoms. The highest BCUT2D eigenvalue weighted by Gasteiger charge is 2.24. The van der Waals surface area contributed by atoms with Crippen molar-refractivity contribution in [2.45, 2.75) is 26.3 Å². The van der Waals surface area contributed by atoms with Gasteiger partial charge in [-0.05, 0) is 18.1 Å². The lowest BCUT2D eigenvalue weighted by Gasteiger charge is -2.36. The molecule has 1 fully saturated rings. The highest BCUT2D eigenvalue weighted by Crippen LogP contribution is 2.12. The molecule has 0 aliphatic carbocycles. The highest BCUT2D eigenvalue weighted by atomic mass is 16.5. The molecule has 2 N–H and O–H groups in total. The lowest BCUT2D eigenvalue weighted by molar-refractivity contribution is -0.121. The fourth-order valence-electron chi connectivity index (χ4n) is 2.79. The summed E-state index contributed by atoms with van der Waals surface area (Å²) in [6, 6.07) is 3.54. The summed E-state index contributed by atoms with van der Waals surface area (Å²) < 4.78 is 10.4. The number of hydrogen-bond donors (Lipinski definition) is 2. The van der Waals surface area contributed by atoms with Crippen molar-refractivity contribution in [1.29, 1.82) is 0 Å². The van der Waals surface area contributed by atoms with Gasteiger partial charge in [-0.1, -0.05) is 13.8 Å². The number of nitrogens with one attached hydrogen (secondary N) is 2. The Morgan fingerprint density at radius 1 is 1.25 bits per heavy atom. The Bertz CT molecular complexity index is 510. The van der Waals surface area contributed by atoms with Crippen molar-refractivity contribution in [1.82, 2.24) is 15.5 Å². The average Bonchev–Trinajstić information content (AvgIpc) is 3.10. The van der Waals surface area contributed by atoms with E-state index in [0.29, 0.717) is 18.5 Å². The molecule has 2 heterocycles. The van der Waals surface area contributed by atoms with E-state index < -0.39 is 0 Å². The highest BCUT2D eigenvalue weighted by molar-refractivity contribution is 5.91. The Morgan fingerprint density at radius 2 is 2.00 bits per heavy atom. The smallest absolute Gasteiger partial charge is 0.286 e. The van der Waals surface area contributed by atoms with Gasteiger partial charge in [0.2, 0.25) is 5.91 Å². The van der Waals surface area contributed by atoms with Crippen LogP contribution in [0.25, 0.3) is 0 Å². The quantitative estimate of drug-likeness (QED) is 0.735. The van der Waals surface area contributed by atoms with Crippen LogP contribution < -0.4 is 10.6 Å².